The Morgan fingerprint density at radius 3 is 2.74 bits per heavy atom. The largest absolute Gasteiger partial charge is 0.340 e. The van der Waals surface area contributed by atoms with Crippen molar-refractivity contribution in [1.82, 2.24) is 15.1 Å². The van der Waals surface area contributed by atoms with Crippen LogP contribution in [-0.2, 0) is 11.3 Å². The normalized spacial score (nSPS) is 23.5. The van der Waals surface area contributed by atoms with Gasteiger partial charge in [0.2, 0.25) is 5.91 Å². The number of hydrogen-bond donors (Lipinski definition) is 1. The molecule has 2 heterocycles. The highest BCUT2D eigenvalue weighted by atomic mass is 19.1. The molecule has 0 aromatic heterocycles. The molecule has 5 heteroatoms. The molecule has 1 aromatic carbocycles. The van der Waals surface area contributed by atoms with Crippen LogP contribution in [-0.4, -0.2) is 54.5 Å². The highest BCUT2D eigenvalue weighted by molar-refractivity contribution is 5.82. The Kier molecular flexibility index (Phi) is 5.62. The van der Waals surface area contributed by atoms with E-state index in [1.807, 2.05) is 17.0 Å². The maximum Gasteiger partial charge on any atom is 0.239 e. The first kappa shape index (κ1) is 16.4. The van der Waals surface area contributed by atoms with Gasteiger partial charge < -0.3 is 10.2 Å². The third-order valence-corrected chi connectivity index (χ3v) is 4.85. The highest BCUT2D eigenvalue weighted by Crippen LogP contribution is 2.22. The Morgan fingerprint density at radius 1 is 1.09 bits per heavy atom. The van der Waals surface area contributed by atoms with Crippen molar-refractivity contribution in [1.29, 1.82) is 0 Å². The van der Waals surface area contributed by atoms with E-state index in [0.717, 1.165) is 70.5 Å². The summed E-state index contributed by atoms with van der Waals surface area (Å²) in [5.74, 6) is 0.0626. The zero-order valence-corrected chi connectivity index (χ0v) is 13.6. The summed E-state index contributed by atoms with van der Waals surface area (Å²) in [6.07, 6.45) is 4.20. The smallest absolute Gasteiger partial charge is 0.239 e. The molecular weight excluding hydrogens is 293 g/mol. The van der Waals surface area contributed by atoms with Crippen molar-refractivity contribution >= 4 is 5.91 Å². The molecular formula is C18H26FN3O. The minimum absolute atomic E-state index is 0.0214. The summed E-state index contributed by atoms with van der Waals surface area (Å²) < 4.78 is 13.1. The molecule has 0 aliphatic carbocycles. The van der Waals surface area contributed by atoms with Gasteiger partial charge in [0, 0.05) is 26.2 Å². The van der Waals surface area contributed by atoms with Crippen molar-refractivity contribution in [3.05, 3.63) is 35.6 Å². The van der Waals surface area contributed by atoms with Crippen LogP contribution in [0.4, 0.5) is 4.39 Å². The van der Waals surface area contributed by atoms with Crippen LogP contribution in [0, 0.1) is 5.82 Å². The third kappa shape index (κ3) is 4.30. The second-order valence-electron chi connectivity index (χ2n) is 6.54. The van der Waals surface area contributed by atoms with Gasteiger partial charge in [-0.1, -0.05) is 18.6 Å². The van der Waals surface area contributed by atoms with Gasteiger partial charge in [-0.2, -0.15) is 0 Å². The highest BCUT2D eigenvalue weighted by Gasteiger charge is 2.32. The minimum Gasteiger partial charge on any atom is -0.340 e. The fourth-order valence-corrected chi connectivity index (χ4v) is 3.56. The van der Waals surface area contributed by atoms with Crippen molar-refractivity contribution in [2.24, 2.45) is 0 Å². The summed E-state index contributed by atoms with van der Waals surface area (Å²) in [4.78, 5) is 17.3. The van der Waals surface area contributed by atoms with Gasteiger partial charge in [0.15, 0.2) is 0 Å². The molecule has 2 fully saturated rings. The van der Waals surface area contributed by atoms with Gasteiger partial charge >= 0.3 is 0 Å². The lowest BCUT2D eigenvalue weighted by molar-refractivity contribution is -0.138. The van der Waals surface area contributed by atoms with Gasteiger partial charge in [-0.25, -0.2) is 4.39 Å². The summed E-state index contributed by atoms with van der Waals surface area (Å²) in [6, 6.07) is 6.61. The number of benzene rings is 1. The quantitative estimate of drug-likeness (QED) is 0.926. The first-order chi connectivity index (χ1) is 11.2. The summed E-state index contributed by atoms with van der Waals surface area (Å²) in [5, 5.41) is 3.35. The standard InChI is InChI=1S/C18H26FN3O/c19-16-7-5-15(6-8-16)14-22-11-2-1-4-17(22)18(23)21-12-3-9-20-10-13-21/h5-8,17,20H,1-4,9-14H2. The van der Waals surface area contributed by atoms with Gasteiger partial charge in [-0.15, -0.1) is 0 Å². The second-order valence-corrected chi connectivity index (χ2v) is 6.54. The number of nitrogens with one attached hydrogen (secondary N) is 1. The van der Waals surface area contributed by atoms with Crippen LogP contribution in [0.5, 0.6) is 0 Å². The van der Waals surface area contributed by atoms with Gasteiger partial charge in [0.25, 0.3) is 0 Å². The first-order valence-electron chi connectivity index (χ1n) is 8.72. The summed E-state index contributed by atoms with van der Waals surface area (Å²) in [5.41, 5.74) is 1.07. The zero-order chi connectivity index (χ0) is 16.1. The maximum atomic E-state index is 13.1. The van der Waals surface area contributed by atoms with Crippen LogP contribution in [0.3, 0.4) is 0 Å². The number of halogens is 1. The third-order valence-electron chi connectivity index (χ3n) is 4.85. The fourth-order valence-electron chi connectivity index (χ4n) is 3.56. The lowest BCUT2D eigenvalue weighted by atomic mass is 9.99. The SMILES string of the molecule is O=C(C1CCCCN1Cc1ccc(F)cc1)N1CCCNCC1. The van der Waals surface area contributed by atoms with Crippen molar-refractivity contribution in [3.63, 3.8) is 0 Å². The molecule has 3 rings (SSSR count). The summed E-state index contributed by atoms with van der Waals surface area (Å²) in [6.45, 7) is 5.21. The fraction of sp³-hybridized carbons (Fsp3) is 0.611. The molecule has 1 unspecified atom stereocenters. The van der Waals surface area contributed by atoms with E-state index in [1.165, 1.54) is 12.1 Å². The molecule has 0 saturated carbocycles. The number of amides is 1. The predicted octanol–water partition coefficient (Wildman–Crippen LogP) is 2.00. The number of carbonyl (C=O) groups excluding carboxylic acids is 1. The molecule has 0 bridgehead atoms. The van der Waals surface area contributed by atoms with Crippen molar-refractivity contribution in [2.75, 3.05) is 32.7 Å². The molecule has 1 atom stereocenters. The monoisotopic (exact) mass is 319 g/mol. The van der Waals surface area contributed by atoms with E-state index < -0.39 is 0 Å². The Bertz CT molecular complexity index is 512. The molecule has 2 aliphatic rings. The minimum atomic E-state index is -0.211. The number of hydrogen-bond acceptors (Lipinski definition) is 3. The van der Waals surface area contributed by atoms with Crippen molar-refractivity contribution in [3.8, 4) is 0 Å². The Hall–Kier alpha value is -1.46. The van der Waals surface area contributed by atoms with Crippen LogP contribution < -0.4 is 5.32 Å². The molecule has 0 spiro atoms. The van der Waals surface area contributed by atoms with E-state index in [1.54, 1.807) is 0 Å². The number of rotatable bonds is 3. The maximum absolute atomic E-state index is 13.1. The van der Waals surface area contributed by atoms with E-state index in [2.05, 4.69) is 10.2 Å². The average Bonchev–Trinajstić information content (AvgIpc) is 2.86. The Balaban J connectivity index is 1.67. The molecule has 2 aliphatic heterocycles. The van der Waals surface area contributed by atoms with Crippen molar-refractivity contribution in [2.45, 2.75) is 38.3 Å². The summed E-state index contributed by atoms with van der Waals surface area (Å²) in [7, 11) is 0. The van der Waals surface area contributed by atoms with E-state index in [0.29, 0.717) is 0 Å². The topological polar surface area (TPSA) is 35.6 Å². The first-order valence-corrected chi connectivity index (χ1v) is 8.72. The predicted molar refractivity (Wildman–Crippen MR) is 88.5 cm³/mol. The van der Waals surface area contributed by atoms with Gasteiger partial charge in [0.05, 0.1) is 6.04 Å². The van der Waals surface area contributed by atoms with Gasteiger partial charge in [0.1, 0.15) is 5.82 Å². The number of carbonyl (C=O) groups is 1. The lowest BCUT2D eigenvalue weighted by Gasteiger charge is -2.37. The molecule has 1 amide bonds. The van der Waals surface area contributed by atoms with E-state index in [9.17, 15) is 9.18 Å². The molecule has 1 N–H and O–H groups in total. The van der Waals surface area contributed by atoms with E-state index in [-0.39, 0.29) is 17.8 Å². The molecule has 126 valence electrons. The average molecular weight is 319 g/mol. The van der Waals surface area contributed by atoms with Crippen LogP contribution >= 0.6 is 0 Å². The number of piperidine rings is 1. The number of nitrogens with zero attached hydrogens (tertiary/aromatic N) is 2. The molecule has 0 radical (unpaired) electrons. The lowest BCUT2D eigenvalue weighted by Crippen LogP contribution is -2.51. The van der Waals surface area contributed by atoms with Crippen LogP contribution in [0.1, 0.15) is 31.2 Å². The second kappa shape index (κ2) is 7.88. The van der Waals surface area contributed by atoms with E-state index >= 15 is 0 Å². The van der Waals surface area contributed by atoms with Crippen LogP contribution in [0.25, 0.3) is 0 Å². The summed E-state index contributed by atoms with van der Waals surface area (Å²) >= 11 is 0. The molecule has 1 aromatic rings. The van der Waals surface area contributed by atoms with Crippen molar-refractivity contribution < 1.29 is 9.18 Å². The van der Waals surface area contributed by atoms with Crippen LogP contribution in [0.2, 0.25) is 0 Å². The molecule has 2 saturated heterocycles. The molecule has 23 heavy (non-hydrogen) atoms. The van der Waals surface area contributed by atoms with Gasteiger partial charge in [-0.3, -0.25) is 9.69 Å². The molecule has 4 nitrogen and oxygen atoms in total. The van der Waals surface area contributed by atoms with E-state index in [4.69, 9.17) is 0 Å². The number of likely N-dealkylation sites (tertiary alicyclic amines) is 1. The zero-order valence-electron chi connectivity index (χ0n) is 13.6. The van der Waals surface area contributed by atoms with Gasteiger partial charge in [-0.05, 0) is 50.0 Å². The Labute approximate surface area is 137 Å². The van der Waals surface area contributed by atoms with Crippen LogP contribution in [0.15, 0.2) is 24.3 Å². The Morgan fingerprint density at radius 2 is 1.91 bits per heavy atom.